The molecule has 2 N–H and O–H groups in total. The highest BCUT2D eigenvalue weighted by molar-refractivity contribution is 14.0. The molecule has 0 bridgehead atoms. The van der Waals surface area contributed by atoms with Crippen molar-refractivity contribution in [3.63, 3.8) is 0 Å². The molecule has 0 saturated carbocycles. The van der Waals surface area contributed by atoms with Gasteiger partial charge in [0.15, 0.2) is 5.96 Å². The first kappa shape index (κ1) is 25.3. The second kappa shape index (κ2) is 12.1. The van der Waals surface area contributed by atoms with E-state index in [9.17, 15) is 4.79 Å². The van der Waals surface area contributed by atoms with Gasteiger partial charge in [-0.25, -0.2) is 4.79 Å². The number of amides is 1. The monoisotopic (exact) mass is 520 g/mol. The van der Waals surface area contributed by atoms with Gasteiger partial charge in [-0.2, -0.15) is 0 Å². The fourth-order valence-corrected chi connectivity index (χ4v) is 2.57. The zero-order valence-corrected chi connectivity index (χ0v) is 20.2. The summed E-state index contributed by atoms with van der Waals surface area (Å²) in [6.07, 6.45) is -0.277. The summed E-state index contributed by atoms with van der Waals surface area (Å²) >= 11 is 0. The zero-order chi connectivity index (χ0) is 20.6. The number of aliphatic imine (C=N–C) groups is 1. The van der Waals surface area contributed by atoms with Gasteiger partial charge in [0.1, 0.15) is 18.0 Å². The van der Waals surface area contributed by atoms with Crippen LogP contribution in [-0.2, 0) is 16.0 Å². The number of hydrogen-bond acceptors (Lipinski definition) is 5. The van der Waals surface area contributed by atoms with Gasteiger partial charge in [-0.05, 0) is 38.5 Å². The second-order valence-electron chi connectivity index (χ2n) is 7.64. The second-order valence-corrected chi connectivity index (χ2v) is 7.64. The van der Waals surface area contributed by atoms with Crippen LogP contribution in [0.2, 0.25) is 0 Å². The smallest absolute Gasteiger partial charge is 0.410 e. The first-order valence-electron chi connectivity index (χ1n) is 9.46. The van der Waals surface area contributed by atoms with Crippen LogP contribution in [0.5, 0.6) is 5.75 Å². The molecule has 9 heteroatoms. The molecule has 1 aromatic carbocycles. The van der Waals surface area contributed by atoms with Crippen LogP contribution in [0.25, 0.3) is 0 Å². The lowest BCUT2D eigenvalue weighted by molar-refractivity contribution is 0.00701. The largest absolute Gasteiger partial charge is 0.491 e. The van der Waals surface area contributed by atoms with Crippen molar-refractivity contribution in [2.24, 2.45) is 4.99 Å². The molecule has 1 aliphatic heterocycles. The van der Waals surface area contributed by atoms with Gasteiger partial charge in [0.2, 0.25) is 0 Å². The number of benzene rings is 1. The molecule has 1 aliphatic rings. The molecule has 0 aromatic heterocycles. The van der Waals surface area contributed by atoms with E-state index in [0.29, 0.717) is 38.8 Å². The Kier molecular flexibility index (Phi) is 10.5. The molecular weight excluding hydrogens is 487 g/mol. The molecule has 0 radical (unpaired) electrons. The molecule has 8 nitrogen and oxygen atoms in total. The van der Waals surface area contributed by atoms with E-state index in [1.165, 1.54) is 0 Å². The summed E-state index contributed by atoms with van der Waals surface area (Å²) in [5.41, 5.74) is 0.642. The van der Waals surface area contributed by atoms with Gasteiger partial charge in [-0.1, -0.05) is 12.1 Å². The highest BCUT2D eigenvalue weighted by Crippen LogP contribution is 2.15. The van der Waals surface area contributed by atoms with Gasteiger partial charge < -0.3 is 29.7 Å². The normalized spacial score (nSPS) is 14.5. The molecule has 0 unspecified atom stereocenters. The average Bonchev–Trinajstić information content (AvgIpc) is 2.60. The van der Waals surface area contributed by atoms with Crippen molar-refractivity contribution in [3.8, 4) is 5.75 Å². The number of rotatable bonds is 7. The molecule has 0 atom stereocenters. The van der Waals surface area contributed by atoms with Crippen molar-refractivity contribution in [1.82, 2.24) is 15.5 Å². The van der Waals surface area contributed by atoms with Gasteiger partial charge in [-0.3, -0.25) is 4.99 Å². The summed E-state index contributed by atoms with van der Waals surface area (Å²) in [5, 5.41) is 6.60. The van der Waals surface area contributed by atoms with Gasteiger partial charge in [-0.15, -0.1) is 24.0 Å². The number of methoxy groups -OCH3 is 1. The quantitative estimate of drug-likeness (QED) is 0.249. The Morgan fingerprint density at radius 1 is 1.21 bits per heavy atom. The van der Waals surface area contributed by atoms with Gasteiger partial charge in [0.25, 0.3) is 0 Å². The number of halogens is 1. The topological polar surface area (TPSA) is 84.4 Å². The fourth-order valence-electron chi connectivity index (χ4n) is 2.57. The molecule has 1 aromatic rings. The number of carbonyl (C=O) groups is 1. The molecule has 0 spiro atoms. The minimum Gasteiger partial charge on any atom is -0.491 e. The SMILES string of the molecule is CN=C(NCc1ccc(OCCOC)cc1)NC1CN(C(=O)OC(C)(C)C)C1.I. The van der Waals surface area contributed by atoms with Crippen LogP contribution in [-0.4, -0.2) is 69.1 Å². The van der Waals surface area contributed by atoms with Crippen LogP contribution < -0.4 is 15.4 Å². The number of likely N-dealkylation sites (tertiary alicyclic amines) is 1. The van der Waals surface area contributed by atoms with Crippen LogP contribution in [0.3, 0.4) is 0 Å². The van der Waals surface area contributed by atoms with Crippen molar-refractivity contribution in [2.45, 2.75) is 39.0 Å². The summed E-state index contributed by atoms with van der Waals surface area (Å²) in [4.78, 5) is 17.9. The van der Waals surface area contributed by atoms with Crippen molar-refractivity contribution in [1.29, 1.82) is 0 Å². The first-order valence-corrected chi connectivity index (χ1v) is 9.46. The van der Waals surface area contributed by atoms with E-state index >= 15 is 0 Å². The summed E-state index contributed by atoms with van der Waals surface area (Å²) in [6, 6.07) is 8.06. The van der Waals surface area contributed by atoms with E-state index in [1.54, 1.807) is 19.1 Å². The highest BCUT2D eigenvalue weighted by atomic mass is 127. The maximum absolute atomic E-state index is 12.0. The third-order valence-electron chi connectivity index (χ3n) is 4.04. The molecule has 1 saturated heterocycles. The number of carbonyl (C=O) groups excluding carboxylic acids is 1. The number of nitrogens with zero attached hydrogens (tertiary/aromatic N) is 2. The van der Waals surface area contributed by atoms with Crippen LogP contribution in [0, 0.1) is 0 Å². The molecule has 1 amide bonds. The maximum Gasteiger partial charge on any atom is 0.410 e. The van der Waals surface area contributed by atoms with Gasteiger partial charge in [0, 0.05) is 33.8 Å². The van der Waals surface area contributed by atoms with Crippen molar-refractivity contribution in [3.05, 3.63) is 29.8 Å². The van der Waals surface area contributed by atoms with E-state index in [2.05, 4.69) is 15.6 Å². The van der Waals surface area contributed by atoms with E-state index in [0.717, 1.165) is 11.3 Å². The molecule has 29 heavy (non-hydrogen) atoms. The summed E-state index contributed by atoms with van der Waals surface area (Å²) in [6.45, 7) is 8.54. The number of hydrogen-bond donors (Lipinski definition) is 2. The minimum atomic E-state index is -0.475. The van der Waals surface area contributed by atoms with E-state index in [4.69, 9.17) is 14.2 Å². The van der Waals surface area contributed by atoms with Gasteiger partial charge in [0.05, 0.1) is 12.6 Å². The van der Waals surface area contributed by atoms with E-state index in [-0.39, 0.29) is 36.1 Å². The Labute approximate surface area is 190 Å². The number of ether oxygens (including phenoxy) is 3. The summed E-state index contributed by atoms with van der Waals surface area (Å²) in [5.74, 6) is 1.52. The Morgan fingerprint density at radius 2 is 1.86 bits per heavy atom. The third-order valence-corrected chi connectivity index (χ3v) is 4.04. The molecule has 1 heterocycles. The molecule has 1 fully saturated rings. The first-order chi connectivity index (χ1) is 13.3. The zero-order valence-electron chi connectivity index (χ0n) is 17.9. The fraction of sp³-hybridized carbons (Fsp3) is 0.600. The van der Waals surface area contributed by atoms with Crippen LogP contribution >= 0.6 is 24.0 Å². The van der Waals surface area contributed by atoms with E-state index in [1.807, 2.05) is 45.0 Å². The molecular formula is C20H33IN4O4. The number of nitrogens with one attached hydrogen (secondary N) is 2. The molecule has 0 aliphatic carbocycles. The summed E-state index contributed by atoms with van der Waals surface area (Å²) in [7, 11) is 3.38. The van der Waals surface area contributed by atoms with Crippen LogP contribution in [0.15, 0.2) is 29.3 Å². The lowest BCUT2D eigenvalue weighted by Gasteiger charge is -2.40. The Bertz CT molecular complexity index is 655. The molecule has 164 valence electrons. The van der Waals surface area contributed by atoms with Crippen molar-refractivity contribution in [2.75, 3.05) is 40.5 Å². The van der Waals surface area contributed by atoms with E-state index < -0.39 is 5.60 Å². The average molecular weight is 520 g/mol. The summed E-state index contributed by atoms with van der Waals surface area (Å²) < 4.78 is 15.9. The maximum atomic E-state index is 12.0. The lowest BCUT2D eigenvalue weighted by Crippen LogP contribution is -2.63. The Morgan fingerprint density at radius 3 is 2.41 bits per heavy atom. The van der Waals surface area contributed by atoms with Crippen LogP contribution in [0.4, 0.5) is 4.79 Å². The minimum absolute atomic E-state index is 0. The predicted octanol–water partition coefficient (Wildman–Crippen LogP) is 2.61. The predicted molar refractivity (Wildman–Crippen MR) is 124 cm³/mol. The standard InChI is InChI=1S/C20H32N4O4.HI/c1-20(2,3)28-19(25)24-13-16(14-24)23-18(21-4)22-12-15-6-8-17(9-7-15)27-11-10-26-5;/h6-9,16H,10-14H2,1-5H3,(H2,21,22,23);1H. The highest BCUT2D eigenvalue weighted by Gasteiger charge is 2.34. The number of guanidine groups is 1. The third kappa shape index (κ3) is 9.07. The molecule has 2 rings (SSSR count). The Hall–Kier alpha value is -1.75. The van der Waals surface area contributed by atoms with Crippen molar-refractivity contribution < 1.29 is 19.0 Å². The lowest BCUT2D eigenvalue weighted by atomic mass is 10.1. The van der Waals surface area contributed by atoms with Gasteiger partial charge >= 0.3 is 6.09 Å². The van der Waals surface area contributed by atoms with Crippen LogP contribution in [0.1, 0.15) is 26.3 Å². The Balaban J connectivity index is 0.00000420. The van der Waals surface area contributed by atoms with Crippen molar-refractivity contribution >= 4 is 36.0 Å².